The molecule has 0 bridgehead atoms. The molecule has 0 saturated carbocycles. The Balaban J connectivity index is 2.70. The van der Waals surface area contributed by atoms with Gasteiger partial charge in [0.1, 0.15) is 12.2 Å². The number of hydrogen-bond donors (Lipinski definition) is 1. The topological polar surface area (TPSA) is 54.2 Å². The van der Waals surface area contributed by atoms with Gasteiger partial charge in [-0.15, -0.1) is 0 Å². The Kier molecular flexibility index (Phi) is 5.74. The molecule has 0 fully saturated rings. The summed E-state index contributed by atoms with van der Waals surface area (Å²) in [5.74, 6) is 0.806. The maximum absolute atomic E-state index is 12.4. The average molecular weight is 280 g/mol. The van der Waals surface area contributed by atoms with Gasteiger partial charge in [0, 0.05) is 13.1 Å². The molecule has 0 aromatic carbocycles. The van der Waals surface area contributed by atoms with Gasteiger partial charge in [-0.2, -0.15) is 18.3 Å². The van der Waals surface area contributed by atoms with Gasteiger partial charge in [-0.3, -0.25) is 4.90 Å². The number of alkyl halides is 3. The Morgan fingerprint density at radius 1 is 1.42 bits per heavy atom. The molecule has 8 heteroatoms. The third kappa shape index (κ3) is 6.02. The van der Waals surface area contributed by atoms with Gasteiger partial charge in [0.15, 0.2) is 0 Å². The fourth-order valence-corrected chi connectivity index (χ4v) is 1.72. The van der Waals surface area contributed by atoms with Crippen LogP contribution < -0.4 is 0 Å². The predicted molar refractivity (Wildman–Crippen MR) is 63.3 cm³/mol. The minimum atomic E-state index is -4.29. The maximum atomic E-state index is 12.4. The monoisotopic (exact) mass is 280 g/mol. The molecule has 0 radical (unpaired) electrons. The van der Waals surface area contributed by atoms with Crippen LogP contribution in [0.5, 0.6) is 0 Å². The second-order valence-electron chi connectivity index (χ2n) is 4.80. The van der Waals surface area contributed by atoms with E-state index in [1.54, 1.807) is 4.68 Å². The molecule has 0 saturated heterocycles. The highest BCUT2D eigenvalue weighted by Gasteiger charge is 2.31. The summed E-state index contributed by atoms with van der Waals surface area (Å²) >= 11 is 0. The van der Waals surface area contributed by atoms with E-state index >= 15 is 0 Å². The standard InChI is InChI=1S/C11H19F3N4O/c1-9(2)5-18-10(15-8-16-18)6-17(3-4-19)7-11(12,13)14/h8-9,19H,3-7H2,1-2H3. The molecule has 1 aromatic heterocycles. The van der Waals surface area contributed by atoms with Crippen LogP contribution in [0.1, 0.15) is 19.7 Å². The first-order valence-corrected chi connectivity index (χ1v) is 6.08. The zero-order chi connectivity index (χ0) is 14.5. The molecule has 1 N–H and O–H groups in total. The van der Waals surface area contributed by atoms with Gasteiger partial charge in [0.2, 0.25) is 0 Å². The lowest BCUT2D eigenvalue weighted by molar-refractivity contribution is -0.148. The largest absolute Gasteiger partial charge is 0.401 e. The van der Waals surface area contributed by atoms with E-state index in [9.17, 15) is 13.2 Å². The van der Waals surface area contributed by atoms with Crippen molar-refractivity contribution in [2.45, 2.75) is 33.1 Å². The lowest BCUT2D eigenvalue weighted by Gasteiger charge is -2.22. The molecule has 0 unspecified atom stereocenters. The van der Waals surface area contributed by atoms with Crippen molar-refractivity contribution in [3.63, 3.8) is 0 Å². The van der Waals surface area contributed by atoms with Crippen LogP contribution in [0.3, 0.4) is 0 Å². The molecule has 0 atom stereocenters. The summed E-state index contributed by atoms with van der Waals surface area (Å²) in [6, 6.07) is 0. The van der Waals surface area contributed by atoms with Crippen molar-refractivity contribution in [1.29, 1.82) is 0 Å². The van der Waals surface area contributed by atoms with Crippen LogP contribution in [0.25, 0.3) is 0 Å². The molecular formula is C11H19F3N4O. The first-order chi connectivity index (χ1) is 8.81. The molecule has 0 aliphatic rings. The minimum Gasteiger partial charge on any atom is -0.395 e. The molecule has 19 heavy (non-hydrogen) atoms. The van der Waals surface area contributed by atoms with E-state index < -0.39 is 12.7 Å². The molecule has 110 valence electrons. The van der Waals surface area contributed by atoms with Gasteiger partial charge in [0.25, 0.3) is 0 Å². The van der Waals surface area contributed by atoms with Gasteiger partial charge in [-0.1, -0.05) is 13.8 Å². The van der Waals surface area contributed by atoms with Crippen molar-refractivity contribution >= 4 is 0 Å². The second kappa shape index (κ2) is 6.85. The fraction of sp³-hybridized carbons (Fsp3) is 0.818. The van der Waals surface area contributed by atoms with Crippen LogP contribution in [0.15, 0.2) is 6.33 Å². The molecule has 1 heterocycles. The van der Waals surface area contributed by atoms with Gasteiger partial charge < -0.3 is 5.11 Å². The van der Waals surface area contributed by atoms with Crippen molar-refractivity contribution in [2.24, 2.45) is 5.92 Å². The Labute approximate surface area is 110 Å². The first-order valence-electron chi connectivity index (χ1n) is 6.08. The van der Waals surface area contributed by atoms with Crippen LogP contribution in [0.4, 0.5) is 13.2 Å². The first kappa shape index (κ1) is 15.9. The molecule has 0 aliphatic carbocycles. The van der Waals surface area contributed by atoms with Crippen molar-refractivity contribution in [2.75, 3.05) is 19.7 Å². The Morgan fingerprint density at radius 3 is 2.63 bits per heavy atom. The molecule has 0 amide bonds. The number of hydrogen-bond acceptors (Lipinski definition) is 4. The van der Waals surface area contributed by atoms with Crippen molar-refractivity contribution in [3.05, 3.63) is 12.2 Å². The van der Waals surface area contributed by atoms with Crippen molar-refractivity contribution < 1.29 is 18.3 Å². The van der Waals surface area contributed by atoms with Crippen molar-refractivity contribution in [3.8, 4) is 0 Å². The van der Waals surface area contributed by atoms with Gasteiger partial charge in [-0.25, -0.2) is 9.67 Å². The Bertz CT molecular complexity index is 378. The number of aromatic nitrogens is 3. The smallest absolute Gasteiger partial charge is 0.395 e. The molecule has 5 nitrogen and oxygen atoms in total. The quantitative estimate of drug-likeness (QED) is 0.817. The molecular weight excluding hydrogens is 261 g/mol. The predicted octanol–water partition coefficient (Wildman–Crippen LogP) is 1.29. The average Bonchev–Trinajstić information content (AvgIpc) is 2.62. The van der Waals surface area contributed by atoms with E-state index in [1.807, 2.05) is 13.8 Å². The van der Waals surface area contributed by atoms with Crippen molar-refractivity contribution in [1.82, 2.24) is 19.7 Å². The lowest BCUT2D eigenvalue weighted by Crippen LogP contribution is -2.36. The number of aliphatic hydroxyl groups excluding tert-OH is 1. The highest BCUT2D eigenvalue weighted by molar-refractivity contribution is 4.85. The normalized spacial score (nSPS) is 12.6. The highest BCUT2D eigenvalue weighted by atomic mass is 19.4. The summed E-state index contributed by atoms with van der Waals surface area (Å²) < 4.78 is 38.8. The highest BCUT2D eigenvalue weighted by Crippen LogP contribution is 2.17. The minimum absolute atomic E-state index is 0.0206. The number of nitrogens with zero attached hydrogens (tertiary/aromatic N) is 4. The van der Waals surface area contributed by atoms with Crippen LogP contribution in [-0.2, 0) is 13.1 Å². The van der Waals surface area contributed by atoms with Crippen LogP contribution >= 0.6 is 0 Å². The number of rotatable bonds is 7. The number of halogens is 3. The van der Waals surface area contributed by atoms with Gasteiger partial charge in [0.05, 0.1) is 19.7 Å². The van der Waals surface area contributed by atoms with Gasteiger partial charge in [-0.05, 0) is 5.92 Å². The molecule has 0 aliphatic heterocycles. The molecule has 0 spiro atoms. The molecule has 1 rings (SSSR count). The van der Waals surface area contributed by atoms with E-state index in [1.165, 1.54) is 6.33 Å². The number of aliphatic hydroxyl groups is 1. The third-order valence-electron chi connectivity index (χ3n) is 2.42. The summed E-state index contributed by atoms with van der Waals surface area (Å²) in [5, 5.41) is 12.8. The molecule has 1 aromatic rings. The SMILES string of the molecule is CC(C)Cn1ncnc1CN(CCO)CC(F)(F)F. The summed E-state index contributed by atoms with van der Waals surface area (Å²) in [4.78, 5) is 5.09. The summed E-state index contributed by atoms with van der Waals surface area (Å²) in [5.41, 5.74) is 0. The van der Waals surface area contributed by atoms with Crippen LogP contribution in [-0.4, -0.2) is 50.6 Å². The van der Waals surface area contributed by atoms with Crippen LogP contribution in [0.2, 0.25) is 0 Å². The Hall–Kier alpha value is -1.15. The van der Waals surface area contributed by atoms with Gasteiger partial charge >= 0.3 is 6.18 Å². The van der Waals surface area contributed by atoms with E-state index in [-0.39, 0.29) is 19.7 Å². The van der Waals surface area contributed by atoms with E-state index in [0.29, 0.717) is 18.3 Å². The van der Waals surface area contributed by atoms with Crippen LogP contribution in [0, 0.1) is 5.92 Å². The lowest BCUT2D eigenvalue weighted by atomic mass is 10.2. The second-order valence-corrected chi connectivity index (χ2v) is 4.80. The fourth-order valence-electron chi connectivity index (χ4n) is 1.72. The van der Waals surface area contributed by atoms with E-state index in [0.717, 1.165) is 4.90 Å². The summed E-state index contributed by atoms with van der Waals surface area (Å²) in [7, 11) is 0. The maximum Gasteiger partial charge on any atom is 0.401 e. The zero-order valence-electron chi connectivity index (χ0n) is 11.1. The van der Waals surface area contributed by atoms with E-state index in [4.69, 9.17) is 5.11 Å². The summed E-state index contributed by atoms with van der Waals surface area (Å²) in [6.07, 6.45) is -2.96. The summed E-state index contributed by atoms with van der Waals surface area (Å²) in [6.45, 7) is 3.17. The zero-order valence-corrected chi connectivity index (χ0v) is 11.1. The Morgan fingerprint density at radius 2 is 2.11 bits per heavy atom. The third-order valence-corrected chi connectivity index (χ3v) is 2.42. The van der Waals surface area contributed by atoms with E-state index in [2.05, 4.69) is 10.1 Å².